The molecule has 7 heteroatoms. The number of amides is 1. The van der Waals surface area contributed by atoms with Gasteiger partial charge in [0.1, 0.15) is 5.75 Å². The molecule has 1 atom stereocenters. The van der Waals surface area contributed by atoms with Gasteiger partial charge in [-0.15, -0.1) is 11.8 Å². The van der Waals surface area contributed by atoms with Crippen LogP contribution in [0.4, 0.5) is 0 Å². The number of benzene rings is 2. The summed E-state index contributed by atoms with van der Waals surface area (Å²) in [5, 5.41) is 11.5. The normalized spacial score (nSPS) is 11.4. The predicted octanol–water partition coefficient (Wildman–Crippen LogP) is 2.94. The summed E-state index contributed by atoms with van der Waals surface area (Å²) in [7, 11) is 0. The molecule has 27 heavy (non-hydrogen) atoms. The molecule has 2 aromatic carbocycles. The van der Waals surface area contributed by atoms with Crippen LogP contribution in [0, 0.1) is 0 Å². The Morgan fingerprint density at radius 2 is 1.70 bits per heavy atom. The quantitative estimate of drug-likeness (QED) is 0.609. The molecule has 0 radical (unpaired) electrons. The molecule has 142 valence electrons. The van der Waals surface area contributed by atoms with Crippen LogP contribution in [0.5, 0.6) is 5.75 Å². The average Bonchev–Trinajstić information content (AvgIpc) is 2.67. The number of nitrogens with one attached hydrogen (secondary N) is 1. The third-order valence-electron chi connectivity index (χ3n) is 3.68. The lowest BCUT2D eigenvalue weighted by Gasteiger charge is -2.15. The molecule has 0 aliphatic carbocycles. The molecule has 0 aliphatic rings. The molecule has 0 aliphatic heterocycles. The third kappa shape index (κ3) is 7.15. The van der Waals surface area contributed by atoms with E-state index >= 15 is 0 Å². The van der Waals surface area contributed by atoms with Gasteiger partial charge in [-0.05, 0) is 24.6 Å². The summed E-state index contributed by atoms with van der Waals surface area (Å²) in [6.07, 6.45) is 0. The van der Waals surface area contributed by atoms with Crippen LogP contribution in [0.25, 0.3) is 0 Å². The highest BCUT2D eigenvalue weighted by Crippen LogP contribution is 2.18. The molecule has 1 amide bonds. The van der Waals surface area contributed by atoms with Crippen molar-refractivity contribution in [3.05, 3.63) is 65.7 Å². The van der Waals surface area contributed by atoms with Gasteiger partial charge >= 0.3 is 5.97 Å². The Labute approximate surface area is 161 Å². The number of rotatable bonds is 10. The second-order valence-corrected chi connectivity index (χ2v) is 6.81. The van der Waals surface area contributed by atoms with E-state index in [2.05, 4.69) is 5.32 Å². The lowest BCUT2D eigenvalue weighted by Crippen LogP contribution is -2.28. The van der Waals surface area contributed by atoms with Crippen LogP contribution in [0.1, 0.15) is 28.9 Å². The summed E-state index contributed by atoms with van der Waals surface area (Å²) in [5.41, 5.74) is 1.51. The van der Waals surface area contributed by atoms with Crippen LogP contribution in [-0.4, -0.2) is 40.9 Å². The minimum atomic E-state index is -1.04. The van der Waals surface area contributed by atoms with Crippen molar-refractivity contribution in [1.29, 1.82) is 0 Å². The molecular weight excluding hydrogens is 366 g/mol. The van der Waals surface area contributed by atoms with Gasteiger partial charge in [0.05, 0.1) is 17.5 Å². The second-order valence-electron chi connectivity index (χ2n) is 5.82. The molecule has 0 saturated carbocycles. The summed E-state index contributed by atoms with van der Waals surface area (Å²) in [5.74, 6) is -0.292. The summed E-state index contributed by atoms with van der Waals surface area (Å²) < 4.78 is 5.07. The smallest absolute Gasteiger partial charge is 0.341 e. The van der Waals surface area contributed by atoms with Gasteiger partial charge in [0.2, 0.25) is 5.91 Å². The summed E-state index contributed by atoms with van der Waals surface area (Å²) in [6, 6.07) is 15.6. The Hall–Kier alpha value is -2.80. The maximum atomic E-state index is 12.1. The van der Waals surface area contributed by atoms with Crippen molar-refractivity contribution >= 4 is 29.4 Å². The number of aliphatic carboxylic acids is 1. The van der Waals surface area contributed by atoms with Crippen LogP contribution >= 0.6 is 11.8 Å². The van der Waals surface area contributed by atoms with E-state index in [4.69, 9.17) is 9.84 Å². The van der Waals surface area contributed by atoms with E-state index in [9.17, 15) is 14.4 Å². The number of thioether (sulfide) groups is 1. The molecule has 6 nitrogen and oxygen atoms in total. The molecule has 0 fully saturated rings. The Morgan fingerprint density at radius 3 is 2.33 bits per heavy atom. The van der Waals surface area contributed by atoms with E-state index < -0.39 is 12.6 Å². The number of ketones is 1. The van der Waals surface area contributed by atoms with Crippen LogP contribution in [0.15, 0.2) is 54.6 Å². The molecule has 0 saturated heterocycles. The minimum Gasteiger partial charge on any atom is -0.482 e. The Kier molecular flexibility index (Phi) is 7.88. The second kappa shape index (κ2) is 10.4. The van der Waals surface area contributed by atoms with E-state index in [1.54, 1.807) is 36.4 Å². The highest BCUT2D eigenvalue weighted by Gasteiger charge is 2.12. The number of carboxylic acid groups (broad SMARTS) is 1. The summed E-state index contributed by atoms with van der Waals surface area (Å²) in [6.45, 7) is 1.45. The van der Waals surface area contributed by atoms with Crippen molar-refractivity contribution in [3.8, 4) is 5.75 Å². The molecule has 2 rings (SSSR count). The van der Waals surface area contributed by atoms with Crippen molar-refractivity contribution in [2.75, 3.05) is 18.1 Å². The van der Waals surface area contributed by atoms with E-state index in [1.807, 2.05) is 25.1 Å². The first-order valence-electron chi connectivity index (χ1n) is 8.35. The topological polar surface area (TPSA) is 92.7 Å². The fourth-order valence-electron chi connectivity index (χ4n) is 2.31. The zero-order chi connectivity index (χ0) is 19.6. The summed E-state index contributed by atoms with van der Waals surface area (Å²) >= 11 is 1.28. The van der Waals surface area contributed by atoms with Gasteiger partial charge in [-0.25, -0.2) is 4.79 Å². The van der Waals surface area contributed by atoms with Gasteiger partial charge in [-0.2, -0.15) is 0 Å². The van der Waals surface area contributed by atoms with Crippen LogP contribution in [0.3, 0.4) is 0 Å². The molecule has 1 unspecified atom stereocenters. The monoisotopic (exact) mass is 387 g/mol. The predicted molar refractivity (Wildman–Crippen MR) is 104 cm³/mol. The van der Waals surface area contributed by atoms with Crippen LogP contribution in [0.2, 0.25) is 0 Å². The van der Waals surface area contributed by atoms with Gasteiger partial charge in [0.15, 0.2) is 12.4 Å². The minimum absolute atomic E-state index is 0.00148. The first-order valence-corrected chi connectivity index (χ1v) is 9.51. The van der Waals surface area contributed by atoms with E-state index in [1.165, 1.54) is 11.8 Å². The summed E-state index contributed by atoms with van der Waals surface area (Å²) in [4.78, 5) is 34.5. The third-order valence-corrected chi connectivity index (χ3v) is 4.61. The number of carbonyl (C=O) groups is 3. The van der Waals surface area contributed by atoms with E-state index in [0.29, 0.717) is 11.3 Å². The SMILES string of the molecule is CC(NC(=O)CSCC(=O)c1ccccc1)c1ccc(OCC(=O)O)cc1. The number of hydrogen-bond donors (Lipinski definition) is 2. The molecule has 0 bridgehead atoms. The molecule has 0 spiro atoms. The molecule has 0 heterocycles. The van der Waals surface area contributed by atoms with Crippen LogP contribution in [-0.2, 0) is 9.59 Å². The molecule has 2 N–H and O–H groups in total. The number of Topliss-reactive ketones (excluding diaryl/α,β-unsaturated/α-hetero) is 1. The van der Waals surface area contributed by atoms with Crippen LogP contribution < -0.4 is 10.1 Å². The molecule has 0 aromatic heterocycles. The highest BCUT2D eigenvalue weighted by molar-refractivity contribution is 8.00. The molecular formula is C20H21NO5S. The Bertz CT molecular complexity index is 777. The maximum Gasteiger partial charge on any atom is 0.341 e. The zero-order valence-electron chi connectivity index (χ0n) is 14.9. The lowest BCUT2D eigenvalue weighted by molar-refractivity contribution is -0.139. The first kappa shape index (κ1) is 20.5. The standard InChI is InChI=1S/C20H21NO5S/c1-14(15-7-9-17(10-8-15)26-11-20(24)25)21-19(23)13-27-12-18(22)16-5-3-2-4-6-16/h2-10,14H,11-13H2,1H3,(H,21,23)(H,24,25). The Morgan fingerprint density at radius 1 is 1.04 bits per heavy atom. The lowest BCUT2D eigenvalue weighted by atomic mass is 10.1. The van der Waals surface area contributed by atoms with E-state index in [-0.39, 0.29) is 29.2 Å². The Balaban J connectivity index is 1.74. The van der Waals surface area contributed by atoms with Crippen molar-refractivity contribution in [1.82, 2.24) is 5.32 Å². The number of hydrogen-bond acceptors (Lipinski definition) is 5. The van der Waals surface area contributed by atoms with Crippen molar-refractivity contribution < 1.29 is 24.2 Å². The van der Waals surface area contributed by atoms with Gasteiger partial charge in [0.25, 0.3) is 0 Å². The van der Waals surface area contributed by atoms with Crippen molar-refractivity contribution in [3.63, 3.8) is 0 Å². The van der Waals surface area contributed by atoms with E-state index in [0.717, 1.165) is 5.56 Å². The van der Waals surface area contributed by atoms with Gasteiger partial charge in [0, 0.05) is 5.56 Å². The number of carbonyl (C=O) groups excluding carboxylic acids is 2. The van der Waals surface area contributed by atoms with Crippen molar-refractivity contribution in [2.24, 2.45) is 0 Å². The average molecular weight is 387 g/mol. The molecule has 2 aromatic rings. The van der Waals surface area contributed by atoms with Gasteiger partial charge in [-0.1, -0.05) is 42.5 Å². The van der Waals surface area contributed by atoms with Gasteiger partial charge < -0.3 is 15.2 Å². The number of ether oxygens (including phenoxy) is 1. The first-order chi connectivity index (χ1) is 13.0. The van der Waals surface area contributed by atoms with Gasteiger partial charge in [-0.3, -0.25) is 9.59 Å². The fourth-order valence-corrected chi connectivity index (χ4v) is 3.03. The fraction of sp³-hybridized carbons (Fsp3) is 0.250. The number of carboxylic acids is 1. The van der Waals surface area contributed by atoms with Crippen molar-refractivity contribution in [2.45, 2.75) is 13.0 Å². The largest absolute Gasteiger partial charge is 0.482 e. The maximum absolute atomic E-state index is 12.1. The highest BCUT2D eigenvalue weighted by atomic mass is 32.2. The zero-order valence-corrected chi connectivity index (χ0v) is 15.7.